The molecule has 0 aromatic heterocycles. The molecule has 1 heterocycles. The Hall–Kier alpha value is -1.76. The van der Waals surface area contributed by atoms with Crippen LogP contribution in [0.1, 0.15) is 96.0 Å². The largest absolute Gasteiger partial charge is 0.573 e. The fourth-order valence-corrected chi connectivity index (χ4v) is 7.74. The molecule has 3 nitrogen and oxygen atoms in total. The van der Waals surface area contributed by atoms with E-state index < -0.39 is 17.9 Å². The minimum Gasteiger partial charge on any atom is -0.490 e. The quantitative estimate of drug-likeness (QED) is 0.249. The van der Waals surface area contributed by atoms with Crippen LogP contribution in [0.3, 0.4) is 0 Å². The van der Waals surface area contributed by atoms with Crippen LogP contribution in [-0.2, 0) is 11.2 Å². The molecule has 1 unspecified atom stereocenters. The molecule has 1 aromatic rings. The molecule has 0 saturated heterocycles. The number of rotatable bonds is 7. The Morgan fingerprint density at radius 1 is 0.846 bits per heavy atom. The number of halogens is 4. The molecule has 3 saturated carbocycles. The standard InChI is InChI=1S/C32H44F4O3/c1-2-3-21-4-8-23(9-5-21)24-12-15-27(16-13-24)37-20-22-6-10-25(11-7-22)29-17-14-26-18-31(39-32(34,35)36)28(33)19-30(26)38-29/h2-3,18-19,21-25,27,29H,4-17,20H2,1H3. The first-order valence-corrected chi connectivity index (χ1v) is 15.3. The smallest absolute Gasteiger partial charge is 0.490 e. The third-order valence-corrected chi connectivity index (χ3v) is 9.97. The van der Waals surface area contributed by atoms with Crippen LogP contribution < -0.4 is 9.47 Å². The lowest BCUT2D eigenvalue weighted by Gasteiger charge is -2.38. The molecule has 7 heteroatoms. The van der Waals surface area contributed by atoms with Gasteiger partial charge in [-0.3, -0.25) is 0 Å². The van der Waals surface area contributed by atoms with Gasteiger partial charge in [0.15, 0.2) is 11.6 Å². The van der Waals surface area contributed by atoms with Crippen molar-refractivity contribution >= 4 is 0 Å². The molecule has 218 valence electrons. The number of hydrogen-bond donors (Lipinski definition) is 0. The summed E-state index contributed by atoms with van der Waals surface area (Å²) in [4.78, 5) is 0. The molecule has 5 rings (SSSR count). The fraction of sp³-hybridized carbons (Fsp3) is 0.750. The maximum absolute atomic E-state index is 14.2. The lowest BCUT2D eigenvalue weighted by Crippen LogP contribution is -2.35. The van der Waals surface area contributed by atoms with Gasteiger partial charge in [0.05, 0.1) is 6.10 Å². The van der Waals surface area contributed by atoms with Crippen molar-refractivity contribution < 1.29 is 31.8 Å². The number of allylic oxidation sites excluding steroid dienone is 2. The van der Waals surface area contributed by atoms with Crippen LogP contribution in [-0.4, -0.2) is 25.2 Å². The van der Waals surface area contributed by atoms with Crippen LogP contribution in [0.2, 0.25) is 0 Å². The van der Waals surface area contributed by atoms with Crippen LogP contribution >= 0.6 is 0 Å². The van der Waals surface area contributed by atoms with E-state index in [-0.39, 0.29) is 6.10 Å². The highest BCUT2D eigenvalue weighted by Gasteiger charge is 2.36. The van der Waals surface area contributed by atoms with Crippen LogP contribution in [0, 0.1) is 35.4 Å². The molecule has 0 radical (unpaired) electrons. The number of hydrogen-bond acceptors (Lipinski definition) is 3. The average Bonchev–Trinajstić information content (AvgIpc) is 2.93. The van der Waals surface area contributed by atoms with Gasteiger partial charge in [-0.25, -0.2) is 4.39 Å². The first kappa shape index (κ1) is 28.8. The third kappa shape index (κ3) is 7.71. The highest BCUT2D eigenvalue weighted by molar-refractivity contribution is 5.43. The monoisotopic (exact) mass is 552 g/mol. The van der Waals surface area contributed by atoms with Gasteiger partial charge in [-0.15, -0.1) is 13.2 Å². The maximum Gasteiger partial charge on any atom is 0.573 e. The molecule has 0 bridgehead atoms. The molecule has 1 aromatic carbocycles. The van der Waals surface area contributed by atoms with Crippen molar-refractivity contribution in [3.05, 3.63) is 35.7 Å². The Bertz CT molecular complexity index is 953. The highest BCUT2D eigenvalue weighted by atomic mass is 19.4. The number of aryl methyl sites for hydroxylation is 1. The summed E-state index contributed by atoms with van der Waals surface area (Å²) in [7, 11) is 0. The molecule has 0 N–H and O–H groups in total. The fourth-order valence-electron chi connectivity index (χ4n) is 7.74. The van der Waals surface area contributed by atoms with Gasteiger partial charge in [-0.05, 0) is 138 Å². The Morgan fingerprint density at radius 3 is 2.13 bits per heavy atom. The first-order chi connectivity index (χ1) is 18.8. The second-order valence-corrected chi connectivity index (χ2v) is 12.5. The highest BCUT2D eigenvalue weighted by Crippen LogP contribution is 2.42. The molecule has 3 aliphatic carbocycles. The van der Waals surface area contributed by atoms with Crippen LogP contribution in [0.4, 0.5) is 17.6 Å². The van der Waals surface area contributed by atoms with Crippen LogP contribution in [0.5, 0.6) is 11.5 Å². The van der Waals surface area contributed by atoms with Crippen molar-refractivity contribution in [3.63, 3.8) is 0 Å². The lowest BCUT2D eigenvalue weighted by molar-refractivity contribution is -0.275. The summed E-state index contributed by atoms with van der Waals surface area (Å²) in [6.07, 6.45) is 16.3. The van der Waals surface area contributed by atoms with E-state index in [1.807, 2.05) is 0 Å². The summed E-state index contributed by atoms with van der Waals surface area (Å²) < 4.78 is 68.1. The van der Waals surface area contributed by atoms with E-state index in [0.717, 1.165) is 68.6 Å². The SMILES string of the molecule is CC=CC1CCC(C2CCC(OCC3CCC(C4CCc5cc(OC(F)(F)F)c(F)cc5O4)CC3)CC2)CC1. The van der Waals surface area contributed by atoms with E-state index in [0.29, 0.717) is 35.7 Å². The molecule has 0 spiro atoms. The molecule has 4 aliphatic rings. The van der Waals surface area contributed by atoms with Gasteiger partial charge in [-0.1, -0.05) is 12.2 Å². The summed E-state index contributed by atoms with van der Waals surface area (Å²) in [6, 6.07) is 2.18. The summed E-state index contributed by atoms with van der Waals surface area (Å²) in [5.41, 5.74) is 0.574. The Labute approximate surface area is 230 Å². The topological polar surface area (TPSA) is 27.7 Å². The second-order valence-electron chi connectivity index (χ2n) is 12.5. The Balaban J connectivity index is 1.01. The van der Waals surface area contributed by atoms with Gasteiger partial charge in [0.1, 0.15) is 11.9 Å². The number of ether oxygens (including phenoxy) is 3. The Kier molecular flexibility index (Phi) is 9.46. The van der Waals surface area contributed by atoms with Gasteiger partial charge >= 0.3 is 6.36 Å². The van der Waals surface area contributed by atoms with E-state index >= 15 is 0 Å². The molecular formula is C32H44F4O3. The third-order valence-electron chi connectivity index (χ3n) is 9.97. The maximum atomic E-state index is 14.2. The number of alkyl halides is 3. The van der Waals surface area contributed by atoms with Crippen LogP contribution in [0.15, 0.2) is 24.3 Å². The van der Waals surface area contributed by atoms with Gasteiger partial charge in [0, 0.05) is 12.7 Å². The van der Waals surface area contributed by atoms with Gasteiger partial charge in [0.2, 0.25) is 0 Å². The van der Waals surface area contributed by atoms with Crippen molar-refractivity contribution in [1.29, 1.82) is 0 Å². The molecule has 1 aliphatic heterocycles. The Morgan fingerprint density at radius 2 is 1.49 bits per heavy atom. The van der Waals surface area contributed by atoms with Crippen molar-refractivity contribution in [2.75, 3.05) is 6.61 Å². The predicted molar refractivity (Wildman–Crippen MR) is 143 cm³/mol. The lowest BCUT2D eigenvalue weighted by atomic mass is 9.70. The zero-order valence-electron chi connectivity index (χ0n) is 23.2. The van der Waals surface area contributed by atoms with Crippen LogP contribution in [0.25, 0.3) is 0 Å². The predicted octanol–water partition coefficient (Wildman–Crippen LogP) is 9.18. The average molecular weight is 553 g/mol. The zero-order chi connectivity index (χ0) is 27.4. The number of fused-ring (bicyclic) bond motifs is 1. The first-order valence-electron chi connectivity index (χ1n) is 15.3. The van der Waals surface area contributed by atoms with Crippen molar-refractivity contribution in [2.24, 2.45) is 29.6 Å². The van der Waals surface area contributed by atoms with E-state index in [1.54, 1.807) is 0 Å². The summed E-state index contributed by atoms with van der Waals surface area (Å²) in [6.45, 7) is 2.98. The van der Waals surface area contributed by atoms with Crippen molar-refractivity contribution in [2.45, 2.75) is 115 Å². The number of benzene rings is 1. The van der Waals surface area contributed by atoms with E-state index in [4.69, 9.17) is 9.47 Å². The minimum absolute atomic E-state index is 0.0171. The van der Waals surface area contributed by atoms with Crippen molar-refractivity contribution in [3.8, 4) is 11.5 Å². The zero-order valence-corrected chi connectivity index (χ0v) is 23.2. The van der Waals surface area contributed by atoms with Crippen molar-refractivity contribution in [1.82, 2.24) is 0 Å². The van der Waals surface area contributed by atoms with Gasteiger partial charge in [0.25, 0.3) is 0 Å². The summed E-state index contributed by atoms with van der Waals surface area (Å²) in [5, 5.41) is 0. The van der Waals surface area contributed by atoms with E-state index in [9.17, 15) is 17.6 Å². The second kappa shape index (κ2) is 12.8. The van der Waals surface area contributed by atoms with Gasteiger partial charge in [-0.2, -0.15) is 0 Å². The summed E-state index contributed by atoms with van der Waals surface area (Å²) in [5.74, 6) is 2.11. The molecule has 1 atom stereocenters. The van der Waals surface area contributed by atoms with Gasteiger partial charge < -0.3 is 14.2 Å². The normalized spacial score (nSPS) is 33.9. The molecular weight excluding hydrogens is 508 g/mol. The molecule has 0 amide bonds. The van der Waals surface area contributed by atoms with E-state index in [2.05, 4.69) is 23.8 Å². The molecule has 39 heavy (non-hydrogen) atoms. The molecule has 3 fully saturated rings. The van der Waals surface area contributed by atoms with E-state index in [1.165, 1.54) is 51.4 Å². The minimum atomic E-state index is -4.92. The summed E-state index contributed by atoms with van der Waals surface area (Å²) >= 11 is 0.